The largest absolute Gasteiger partial charge is 0.469 e. The van der Waals surface area contributed by atoms with Crippen LogP contribution in [0.15, 0.2) is 24.3 Å². The van der Waals surface area contributed by atoms with Gasteiger partial charge in [-0.15, -0.1) is 0 Å². The Morgan fingerprint density at radius 3 is 2.50 bits per heavy atom. The number of amides is 1. The number of carbonyl (C=O) groups excluding carboxylic acids is 3. The molecule has 1 aliphatic rings. The van der Waals surface area contributed by atoms with Crippen molar-refractivity contribution in [1.29, 1.82) is 0 Å². The lowest BCUT2D eigenvalue weighted by Crippen LogP contribution is -2.46. The molecule has 0 bridgehead atoms. The second-order valence-electron chi connectivity index (χ2n) is 6.82. The topological polar surface area (TPSA) is 72.9 Å². The molecule has 1 aliphatic heterocycles. The SMILES string of the molecule is COC(=O)CC1Cc2ccccc2N(CC(=O)OC(C)(C)C)C1=O. The maximum Gasteiger partial charge on any atom is 0.326 e. The van der Waals surface area contributed by atoms with Crippen molar-refractivity contribution in [2.75, 3.05) is 18.6 Å². The molecule has 6 nitrogen and oxygen atoms in total. The number of methoxy groups -OCH3 is 1. The maximum atomic E-state index is 12.8. The van der Waals surface area contributed by atoms with Gasteiger partial charge < -0.3 is 14.4 Å². The zero-order chi connectivity index (χ0) is 17.9. The zero-order valence-electron chi connectivity index (χ0n) is 14.5. The Hall–Kier alpha value is -2.37. The number of ether oxygens (including phenoxy) is 2. The molecule has 1 aromatic rings. The third-order valence-corrected chi connectivity index (χ3v) is 3.71. The van der Waals surface area contributed by atoms with E-state index in [0.29, 0.717) is 12.1 Å². The zero-order valence-corrected chi connectivity index (χ0v) is 14.5. The van der Waals surface area contributed by atoms with Gasteiger partial charge in [-0.2, -0.15) is 0 Å². The van der Waals surface area contributed by atoms with E-state index in [-0.39, 0.29) is 18.9 Å². The molecule has 2 rings (SSSR count). The minimum absolute atomic E-state index is 0.00547. The summed E-state index contributed by atoms with van der Waals surface area (Å²) >= 11 is 0. The molecule has 0 radical (unpaired) electrons. The number of fused-ring (bicyclic) bond motifs is 1. The molecule has 0 saturated carbocycles. The maximum absolute atomic E-state index is 12.8. The van der Waals surface area contributed by atoms with Gasteiger partial charge >= 0.3 is 11.9 Å². The number of benzene rings is 1. The first-order chi connectivity index (χ1) is 11.2. The summed E-state index contributed by atoms with van der Waals surface area (Å²) in [7, 11) is 1.29. The Bertz CT molecular complexity index is 647. The van der Waals surface area contributed by atoms with E-state index in [1.54, 1.807) is 26.8 Å². The van der Waals surface area contributed by atoms with Crippen molar-refractivity contribution in [3.05, 3.63) is 29.8 Å². The molecule has 0 spiro atoms. The first kappa shape index (κ1) is 18.0. The Balaban J connectivity index is 2.25. The van der Waals surface area contributed by atoms with Gasteiger partial charge in [0.1, 0.15) is 12.1 Å². The van der Waals surface area contributed by atoms with Crippen molar-refractivity contribution < 1.29 is 23.9 Å². The van der Waals surface area contributed by atoms with E-state index in [1.165, 1.54) is 12.0 Å². The van der Waals surface area contributed by atoms with Crippen LogP contribution in [-0.4, -0.2) is 37.1 Å². The van der Waals surface area contributed by atoms with Gasteiger partial charge in [0, 0.05) is 5.69 Å². The van der Waals surface area contributed by atoms with E-state index >= 15 is 0 Å². The highest BCUT2D eigenvalue weighted by atomic mass is 16.6. The molecule has 0 aromatic heterocycles. The lowest BCUT2D eigenvalue weighted by atomic mass is 9.89. The fourth-order valence-corrected chi connectivity index (χ4v) is 2.75. The van der Waals surface area contributed by atoms with Gasteiger partial charge in [0.15, 0.2) is 0 Å². The molecule has 0 aliphatic carbocycles. The molecule has 0 saturated heterocycles. The van der Waals surface area contributed by atoms with Crippen molar-refractivity contribution in [2.24, 2.45) is 5.92 Å². The Labute approximate surface area is 141 Å². The fraction of sp³-hybridized carbons (Fsp3) is 0.500. The van der Waals surface area contributed by atoms with E-state index in [0.717, 1.165) is 5.56 Å². The number of hydrogen-bond acceptors (Lipinski definition) is 5. The number of carbonyl (C=O) groups is 3. The third kappa shape index (κ3) is 4.34. The van der Waals surface area contributed by atoms with Crippen LogP contribution in [0.2, 0.25) is 0 Å². The van der Waals surface area contributed by atoms with Gasteiger partial charge in [-0.1, -0.05) is 18.2 Å². The Morgan fingerprint density at radius 1 is 1.21 bits per heavy atom. The van der Waals surface area contributed by atoms with E-state index < -0.39 is 23.5 Å². The minimum atomic E-state index is -0.624. The fourth-order valence-electron chi connectivity index (χ4n) is 2.75. The summed E-state index contributed by atoms with van der Waals surface area (Å²) in [4.78, 5) is 37.9. The van der Waals surface area contributed by atoms with Gasteiger partial charge in [0.25, 0.3) is 0 Å². The number of nitrogens with zero attached hydrogens (tertiary/aromatic N) is 1. The standard InChI is InChI=1S/C18H23NO5/c1-18(2,3)24-16(21)11-19-14-8-6-5-7-12(14)9-13(17(19)22)10-15(20)23-4/h5-8,13H,9-11H2,1-4H3. The van der Waals surface area contributed by atoms with Crippen molar-refractivity contribution in [1.82, 2.24) is 0 Å². The van der Waals surface area contributed by atoms with Crippen LogP contribution in [0.25, 0.3) is 0 Å². The van der Waals surface area contributed by atoms with Gasteiger partial charge in [0.2, 0.25) is 5.91 Å². The molecular formula is C18H23NO5. The average Bonchev–Trinajstić information content (AvgIpc) is 2.49. The summed E-state index contributed by atoms with van der Waals surface area (Å²) < 4.78 is 9.99. The van der Waals surface area contributed by atoms with Crippen molar-refractivity contribution in [2.45, 2.75) is 39.2 Å². The summed E-state index contributed by atoms with van der Waals surface area (Å²) in [5.74, 6) is -1.71. The average molecular weight is 333 g/mol. The highest BCUT2D eigenvalue weighted by Crippen LogP contribution is 2.32. The van der Waals surface area contributed by atoms with E-state index in [1.807, 2.05) is 18.2 Å². The molecule has 1 heterocycles. The summed E-state index contributed by atoms with van der Waals surface area (Å²) in [5, 5.41) is 0. The van der Waals surface area contributed by atoms with Gasteiger partial charge in [-0.05, 0) is 38.8 Å². The van der Waals surface area contributed by atoms with Crippen LogP contribution in [0.5, 0.6) is 0 Å². The van der Waals surface area contributed by atoms with E-state index in [2.05, 4.69) is 4.74 Å². The summed E-state index contributed by atoms with van der Waals surface area (Å²) in [6.07, 6.45) is 0.448. The lowest BCUT2D eigenvalue weighted by molar-refractivity contribution is -0.153. The monoisotopic (exact) mass is 333 g/mol. The molecule has 24 heavy (non-hydrogen) atoms. The van der Waals surface area contributed by atoms with Crippen LogP contribution in [0.4, 0.5) is 5.69 Å². The van der Waals surface area contributed by atoms with Gasteiger partial charge in [-0.3, -0.25) is 14.4 Å². The molecule has 1 unspecified atom stereocenters. The second-order valence-corrected chi connectivity index (χ2v) is 6.82. The highest BCUT2D eigenvalue weighted by Gasteiger charge is 2.35. The Kier molecular flexibility index (Phi) is 5.26. The summed E-state index contributed by atoms with van der Waals surface area (Å²) in [6, 6.07) is 7.38. The van der Waals surface area contributed by atoms with Crippen LogP contribution < -0.4 is 4.90 Å². The second kappa shape index (κ2) is 7.03. The van der Waals surface area contributed by atoms with E-state index in [4.69, 9.17) is 4.74 Å². The molecule has 0 fully saturated rings. The van der Waals surface area contributed by atoms with Crippen molar-refractivity contribution in [3.63, 3.8) is 0 Å². The number of esters is 2. The molecule has 1 amide bonds. The number of anilines is 1. The summed E-state index contributed by atoms with van der Waals surface area (Å²) in [6.45, 7) is 5.15. The third-order valence-electron chi connectivity index (χ3n) is 3.71. The lowest BCUT2D eigenvalue weighted by Gasteiger charge is -2.33. The molecule has 6 heteroatoms. The van der Waals surface area contributed by atoms with Gasteiger partial charge in [-0.25, -0.2) is 0 Å². The highest BCUT2D eigenvalue weighted by molar-refractivity contribution is 6.02. The van der Waals surface area contributed by atoms with Crippen molar-refractivity contribution >= 4 is 23.5 Å². The quantitative estimate of drug-likeness (QED) is 0.789. The molecule has 1 aromatic carbocycles. The normalized spacial score (nSPS) is 17.2. The molecule has 1 atom stereocenters. The molecule has 0 N–H and O–H groups in total. The smallest absolute Gasteiger partial charge is 0.326 e. The van der Waals surface area contributed by atoms with Crippen LogP contribution in [0.3, 0.4) is 0 Å². The van der Waals surface area contributed by atoms with Gasteiger partial charge in [0.05, 0.1) is 19.4 Å². The summed E-state index contributed by atoms with van der Waals surface area (Å²) in [5.41, 5.74) is 0.991. The van der Waals surface area contributed by atoms with Crippen molar-refractivity contribution in [3.8, 4) is 0 Å². The van der Waals surface area contributed by atoms with E-state index in [9.17, 15) is 14.4 Å². The number of hydrogen-bond donors (Lipinski definition) is 0. The van der Waals surface area contributed by atoms with Crippen LogP contribution in [0, 0.1) is 5.92 Å². The number of rotatable bonds is 4. The van der Waals surface area contributed by atoms with Crippen LogP contribution >= 0.6 is 0 Å². The Morgan fingerprint density at radius 2 is 1.88 bits per heavy atom. The van der Waals surface area contributed by atoms with Crippen LogP contribution in [0.1, 0.15) is 32.8 Å². The number of para-hydroxylation sites is 1. The predicted molar refractivity (Wildman–Crippen MR) is 88.5 cm³/mol. The molecule has 130 valence electrons. The molecular weight excluding hydrogens is 310 g/mol. The minimum Gasteiger partial charge on any atom is -0.469 e. The first-order valence-electron chi connectivity index (χ1n) is 7.89. The van der Waals surface area contributed by atoms with Crippen LogP contribution in [-0.2, 0) is 30.3 Å². The first-order valence-corrected chi connectivity index (χ1v) is 7.89. The predicted octanol–water partition coefficient (Wildman–Crippen LogP) is 2.10.